The van der Waals surface area contributed by atoms with Gasteiger partial charge in [0.25, 0.3) is 0 Å². The molecule has 2 aromatic carbocycles. The third-order valence-electron chi connectivity index (χ3n) is 4.30. The number of oxazole rings is 1. The van der Waals surface area contributed by atoms with Gasteiger partial charge in [-0.3, -0.25) is 0 Å². The van der Waals surface area contributed by atoms with Crippen molar-refractivity contribution in [2.75, 3.05) is 5.32 Å². The zero-order chi connectivity index (χ0) is 18.1. The maximum Gasteiger partial charge on any atom is 0.183 e. The molecule has 0 bridgehead atoms. The fourth-order valence-corrected chi connectivity index (χ4v) is 3.75. The molecule has 4 nitrogen and oxygen atoms in total. The van der Waals surface area contributed by atoms with E-state index >= 15 is 0 Å². The molecule has 4 rings (SSSR count). The Hall–Kier alpha value is -2.73. The van der Waals surface area contributed by atoms with E-state index in [1.165, 1.54) is 18.5 Å². The van der Waals surface area contributed by atoms with Crippen molar-refractivity contribution < 1.29 is 8.81 Å². The molecular formula is C20H18FN3OS. The van der Waals surface area contributed by atoms with Gasteiger partial charge in [0.05, 0.1) is 10.2 Å². The van der Waals surface area contributed by atoms with E-state index in [1.54, 1.807) is 17.4 Å². The van der Waals surface area contributed by atoms with Crippen LogP contribution in [0.15, 0.2) is 53.3 Å². The summed E-state index contributed by atoms with van der Waals surface area (Å²) in [4.78, 5) is 8.91. The number of nitrogens with zero attached hydrogens (tertiary/aromatic N) is 2. The summed E-state index contributed by atoms with van der Waals surface area (Å²) in [6.45, 7) is 4.28. The van der Waals surface area contributed by atoms with E-state index in [0.717, 1.165) is 27.3 Å². The van der Waals surface area contributed by atoms with Crippen LogP contribution in [0.1, 0.15) is 20.3 Å². The van der Waals surface area contributed by atoms with Crippen molar-refractivity contribution in [1.29, 1.82) is 0 Å². The van der Waals surface area contributed by atoms with Crippen molar-refractivity contribution >= 4 is 26.7 Å². The van der Waals surface area contributed by atoms with Crippen molar-refractivity contribution in [3.8, 4) is 22.6 Å². The van der Waals surface area contributed by atoms with Crippen molar-refractivity contribution in [2.24, 2.45) is 0 Å². The highest BCUT2D eigenvalue weighted by molar-refractivity contribution is 7.22. The normalized spacial score (nSPS) is 12.4. The molecule has 0 saturated carbocycles. The highest BCUT2D eigenvalue weighted by Gasteiger charge is 2.15. The van der Waals surface area contributed by atoms with Crippen molar-refractivity contribution in [1.82, 2.24) is 9.97 Å². The average molecular weight is 367 g/mol. The smallest absolute Gasteiger partial charge is 0.183 e. The summed E-state index contributed by atoms with van der Waals surface area (Å²) in [5.41, 5.74) is 3.16. The molecule has 0 amide bonds. The summed E-state index contributed by atoms with van der Waals surface area (Å²) >= 11 is 1.61. The van der Waals surface area contributed by atoms with Crippen molar-refractivity contribution in [3.05, 3.63) is 54.7 Å². The van der Waals surface area contributed by atoms with Crippen LogP contribution in [0.3, 0.4) is 0 Å². The fraction of sp³-hybridized carbons (Fsp3) is 0.200. The van der Waals surface area contributed by atoms with Gasteiger partial charge in [0, 0.05) is 17.2 Å². The lowest BCUT2D eigenvalue weighted by molar-refractivity contribution is 0.572. The maximum absolute atomic E-state index is 13.6. The lowest BCUT2D eigenvalue weighted by atomic mass is 10.1. The van der Waals surface area contributed by atoms with Gasteiger partial charge in [0.2, 0.25) is 0 Å². The molecule has 0 aliphatic carbocycles. The van der Waals surface area contributed by atoms with E-state index < -0.39 is 0 Å². The highest BCUT2D eigenvalue weighted by atomic mass is 32.1. The monoisotopic (exact) mass is 367 g/mol. The minimum absolute atomic E-state index is 0.296. The van der Waals surface area contributed by atoms with Gasteiger partial charge in [-0.2, -0.15) is 0 Å². The van der Waals surface area contributed by atoms with Crippen LogP contribution in [0.2, 0.25) is 0 Å². The van der Waals surface area contributed by atoms with Crippen molar-refractivity contribution in [3.63, 3.8) is 0 Å². The van der Waals surface area contributed by atoms with Gasteiger partial charge < -0.3 is 9.73 Å². The van der Waals surface area contributed by atoms with E-state index in [-0.39, 0.29) is 5.82 Å². The van der Waals surface area contributed by atoms with E-state index in [1.807, 2.05) is 24.3 Å². The molecule has 0 aliphatic rings. The standard InChI is InChI=1S/C20H18FN3OS/c1-3-12(2)23-20-24-16-8-7-14(10-17(16)26-20)19-18(22-11-25-19)13-5-4-6-15(21)9-13/h4-12H,3H2,1-2H3,(H,23,24)/t12-/m1/s1. The van der Waals surface area contributed by atoms with E-state index in [0.29, 0.717) is 23.1 Å². The number of hydrogen-bond donors (Lipinski definition) is 1. The number of fused-ring (bicyclic) bond motifs is 1. The Balaban J connectivity index is 1.73. The van der Waals surface area contributed by atoms with Crippen LogP contribution in [0.4, 0.5) is 9.52 Å². The van der Waals surface area contributed by atoms with Crippen LogP contribution < -0.4 is 5.32 Å². The van der Waals surface area contributed by atoms with Crippen molar-refractivity contribution in [2.45, 2.75) is 26.3 Å². The summed E-state index contributed by atoms with van der Waals surface area (Å²) in [5.74, 6) is 0.331. The molecular weight excluding hydrogens is 349 g/mol. The van der Waals surface area contributed by atoms with Crippen LogP contribution in [0, 0.1) is 5.82 Å². The van der Waals surface area contributed by atoms with Gasteiger partial charge >= 0.3 is 0 Å². The van der Waals surface area contributed by atoms with Gasteiger partial charge in [0.1, 0.15) is 11.5 Å². The SMILES string of the molecule is CC[C@@H](C)Nc1nc2ccc(-c3ocnc3-c3cccc(F)c3)cc2s1. The van der Waals surface area contributed by atoms with Gasteiger partial charge in [-0.1, -0.05) is 30.4 Å². The number of hydrogen-bond acceptors (Lipinski definition) is 5. The number of anilines is 1. The molecule has 6 heteroatoms. The molecule has 1 N–H and O–H groups in total. The largest absolute Gasteiger partial charge is 0.443 e. The fourth-order valence-electron chi connectivity index (χ4n) is 2.73. The van der Waals surface area contributed by atoms with Gasteiger partial charge in [-0.05, 0) is 43.7 Å². The highest BCUT2D eigenvalue weighted by Crippen LogP contribution is 2.35. The maximum atomic E-state index is 13.6. The Kier molecular flexibility index (Phi) is 4.42. The topological polar surface area (TPSA) is 51.0 Å². The molecule has 0 aliphatic heterocycles. The van der Waals surface area contributed by atoms with Crippen LogP contribution in [0.5, 0.6) is 0 Å². The number of thiazole rings is 1. The quantitative estimate of drug-likeness (QED) is 0.472. The Bertz CT molecular complexity index is 1060. The van der Waals surface area contributed by atoms with Crippen LogP contribution >= 0.6 is 11.3 Å². The second-order valence-electron chi connectivity index (χ2n) is 6.20. The second-order valence-corrected chi connectivity index (χ2v) is 7.23. The molecule has 2 heterocycles. The molecule has 1 atom stereocenters. The minimum atomic E-state index is -0.296. The van der Waals surface area contributed by atoms with E-state index in [4.69, 9.17) is 4.42 Å². The Morgan fingerprint density at radius 3 is 2.88 bits per heavy atom. The van der Waals surface area contributed by atoms with Gasteiger partial charge in [0.15, 0.2) is 17.3 Å². The number of nitrogens with one attached hydrogen (secondary N) is 1. The van der Waals surface area contributed by atoms with Crippen LogP contribution in [-0.2, 0) is 0 Å². The zero-order valence-corrected chi connectivity index (χ0v) is 15.3. The lowest BCUT2D eigenvalue weighted by Gasteiger charge is -2.08. The summed E-state index contributed by atoms with van der Waals surface area (Å²) in [7, 11) is 0. The third kappa shape index (κ3) is 3.20. The van der Waals surface area contributed by atoms with E-state index in [2.05, 4.69) is 29.1 Å². The first kappa shape index (κ1) is 16.7. The first-order valence-electron chi connectivity index (χ1n) is 8.51. The molecule has 26 heavy (non-hydrogen) atoms. The number of aromatic nitrogens is 2. The lowest BCUT2D eigenvalue weighted by Crippen LogP contribution is -2.12. The summed E-state index contributed by atoms with van der Waals surface area (Å²) in [6.07, 6.45) is 2.43. The van der Waals surface area contributed by atoms with Gasteiger partial charge in [-0.25, -0.2) is 14.4 Å². The molecule has 0 fully saturated rings. The van der Waals surface area contributed by atoms with Crippen LogP contribution in [-0.4, -0.2) is 16.0 Å². The summed E-state index contributed by atoms with van der Waals surface area (Å²) in [6, 6.07) is 12.7. The molecule has 132 valence electrons. The predicted molar refractivity (Wildman–Crippen MR) is 104 cm³/mol. The Labute approximate surface area is 154 Å². The molecule has 0 saturated heterocycles. The average Bonchev–Trinajstić information content (AvgIpc) is 3.27. The first-order valence-corrected chi connectivity index (χ1v) is 9.32. The summed E-state index contributed by atoms with van der Waals surface area (Å²) in [5, 5.41) is 4.32. The van der Waals surface area contributed by atoms with Crippen LogP contribution in [0.25, 0.3) is 32.8 Å². The number of halogens is 1. The third-order valence-corrected chi connectivity index (χ3v) is 5.25. The first-order chi connectivity index (χ1) is 12.6. The second kappa shape index (κ2) is 6.88. The Morgan fingerprint density at radius 2 is 2.08 bits per heavy atom. The predicted octanol–water partition coefficient (Wildman–Crippen LogP) is 5.97. The minimum Gasteiger partial charge on any atom is -0.443 e. The molecule has 0 radical (unpaired) electrons. The number of rotatable bonds is 5. The molecule has 0 spiro atoms. The number of benzene rings is 2. The Morgan fingerprint density at radius 1 is 1.19 bits per heavy atom. The molecule has 2 aromatic heterocycles. The summed E-state index contributed by atoms with van der Waals surface area (Å²) < 4.78 is 20.2. The van der Waals surface area contributed by atoms with E-state index in [9.17, 15) is 4.39 Å². The zero-order valence-electron chi connectivity index (χ0n) is 14.5. The van der Waals surface area contributed by atoms with Gasteiger partial charge in [-0.15, -0.1) is 0 Å². The molecule has 0 unspecified atom stereocenters. The molecule has 4 aromatic rings.